The average Bonchev–Trinajstić information content (AvgIpc) is 3.33. The fourth-order valence-corrected chi connectivity index (χ4v) is 3.57. The molecule has 2 fully saturated rings. The molecule has 2 saturated carbocycles. The van der Waals surface area contributed by atoms with Gasteiger partial charge in [-0.05, 0) is 31.6 Å². The molecule has 0 aliphatic heterocycles. The van der Waals surface area contributed by atoms with Crippen LogP contribution in [0.4, 0.5) is 0 Å². The number of thioether (sulfide) groups is 1. The fourth-order valence-electron chi connectivity index (χ4n) is 2.36. The van der Waals surface area contributed by atoms with Crippen LogP contribution in [0.25, 0.3) is 0 Å². The first-order valence-electron chi connectivity index (χ1n) is 6.73. The minimum Gasteiger partial charge on any atom is -0.468 e. The van der Waals surface area contributed by atoms with Crippen LogP contribution in [0, 0.1) is 5.92 Å². The monoisotopic (exact) mass is 298 g/mol. The van der Waals surface area contributed by atoms with E-state index in [1.165, 1.54) is 18.9 Å². The topological polar surface area (TPSA) is 103 Å². The third-order valence-electron chi connectivity index (χ3n) is 3.90. The summed E-state index contributed by atoms with van der Waals surface area (Å²) in [5, 5.41) is 7.10. The average molecular weight is 298 g/mol. The number of esters is 1. The molecule has 7 nitrogen and oxygen atoms in total. The molecule has 0 spiro atoms. The van der Waals surface area contributed by atoms with Crippen LogP contribution in [0.5, 0.6) is 0 Å². The molecule has 2 aliphatic carbocycles. The van der Waals surface area contributed by atoms with E-state index in [1.54, 1.807) is 4.57 Å². The first-order valence-corrected chi connectivity index (χ1v) is 7.72. The number of rotatable bonds is 6. The second-order valence-electron chi connectivity index (χ2n) is 5.51. The number of nitrogens with zero attached hydrogens (tertiary/aromatic N) is 2. The summed E-state index contributed by atoms with van der Waals surface area (Å²) in [6.45, 7) is 0. The second-order valence-corrected chi connectivity index (χ2v) is 6.45. The summed E-state index contributed by atoms with van der Waals surface area (Å²) < 4.78 is 6.49. The molecule has 1 aromatic heterocycles. The lowest BCUT2D eigenvalue weighted by Crippen LogP contribution is -2.53. The highest BCUT2D eigenvalue weighted by Crippen LogP contribution is 2.42. The van der Waals surface area contributed by atoms with E-state index in [-0.39, 0.29) is 23.6 Å². The van der Waals surface area contributed by atoms with Crippen LogP contribution in [0.1, 0.15) is 31.7 Å². The van der Waals surface area contributed by atoms with Crippen molar-refractivity contribution in [3.63, 3.8) is 0 Å². The molecule has 1 heterocycles. The van der Waals surface area contributed by atoms with Gasteiger partial charge in [-0.25, -0.2) is 9.89 Å². The quantitative estimate of drug-likeness (QED) is 0.577. The number of hydrogen-bond donors (Lipinski definition) is 2. The van der Waals surface area contributed by atoms with Crippen molar-refractivity contribution in [1.82, 2.24) is 14.8 Å². The van der Waals surface area contributed by atoms with Crippen LogP contribution >= 0.6 is 11.8 Å². The second kappa shape index (κ2) is 4.92. The summed E-state index contributed by atoms with van der Waals surface area (Å²) in [4.78, 5) is 23.6. The molecular weight excluding hydrogens is 280 g/mol. The number of aromatic nitrogens is 3. The summed E-state index contributed by atoms with van der Waals surface area (Å²) >= 11 is 1.35. The van der Waals surface area contributed by atoms with Crippen molar-refractivity contribution >= 4 is 17.7 Å². The SMILES string of the molecule is COC(=O)C(N)(CSc1n[nH]c(=O)n1C1CC1)C1CC1. The van der Waals surface area contributed by atoms with Gasteiger partial charge in [-0.2, -0.15) is 0 Å². The van der Waals surface area contributed by atoms with Crippen LogP contribution < -0.4 is 11.4 Å². The molecule has 3 N–H and O–H groups in total. The number of nitrogens with two attached hydrogens (primary N) is 1. The van der Waals surface area contributed by atoms with E-state index < -0.39 is 5.54 Å². The number of hydrogen-bond acceptors (Lipinski definition) is 6. The van der Waals surface area contributed by atoms with Crippen molar-refractivity contribution in [2.24, 2.45) is 11.7 Å². The molecule has 0 aromatic carbocycles. The fraction of sp³-hybridized carbons (Fsp3) is 0.750. The summed E-state index contributed by atoms with van der Waals surface area (Å²) in [6.07, 6.45) is 3.89. The Balaban J connectivity index is 1.75. The van der Waals surface area contributed by atoms with Gasteiger partial charge in [-0.3, -0.25) is 9.36 Å². The van der Waals surface area contributed by atoms with Crippen LogP contribution in [0.3, 0.4) is 0 Å². The van der Waals surface area contributed by atoms with E-state index in [4.69, 9.17) is 10.5 Å². The van der Waals surface area contributed by atoms with E-state index in [0.717, 1.165) is 25.7 Å². The minimum absolute atomic E-state index is 0.169. The Hall–Kier alpha value is -1.28. The van der Waals surface area contributed by atoms with Crippen LogP contribution in [0.15, 0.2) is 9.95 Å². The zero-order valence-electron chi connectivity index (χ0n) is 11.3. The zero-order valence-corrected chi connectivity index (χ0v) is 12.1. The number of nitrogens with one attached hydrogen (secondary N) is 1. The van der Waals surface area contributed by atoms with Crippen LogP contribution in [0.2, 0.25) is 0 Å². The minimum atomic E-state index is -0.983. The first-order chi connectivity index (χ1) is 9.56. The summed E-state index contributed by atoms with van der Waals surface area (Å²) in [7, 11) is 1.35. The van der Waals surface area contributed by atoms with Crippen LogP contribution in [-0.2, 0) is 9.53 Å². The van der Waals surface area contributed by atoms with Crippen molar-refractivity contribution in [3.8, 4) is 0 Å². The lowest BCUT2D eigenvalue weighted by atomic mass is 9.97. The molecule has 3 rings (SSSR count). The van der Waals surface area contributed by atoms with E-state index in [9.17, 15) is 9.59 Å². The smallest absolute Gasteiger partial charge is 0.344 e. The lowest BCUT2D eigenvalue weighted by Gasteiger charge is -2.25. The van der Waals surface area contributed by atoms with Gasteiger partial charge < -0.3 is 10.5 Å². The van der Waals surface area contributed by atoms with Gasteiger partial charge in [0.1, 0.15) is 5.54 Å². The molecule has 0 amide bonds. The molecule has 1 aromatic rings. The summed E-state index contributed by atoms with van der Waals surface area (Å²) in [6, 6.07) is 0.245. The molecule has 0 saturated heterocycles. The van der Waals surface area contributed by atoms with Gasteiger partial charge in [0.15, 0.2) is 5.16 Å². The maximum atomic E-state index is 11.9. The molecular formula is C12H18N4O3S. The van der Waals surface area contributed by atoms with Crippen molar-refractivity contribution in [3.05, 3.63) is 10.5 Å². The number of methoxy groups -OCH3 is 1. The Bertz CT molecular complexity index is 576. The van der Waals surface area contributed by atoms with Gasteiger partial charge >= 0.3 is 11.7 Å². The third kappa shape index (κ3) is 2.37. The van der Waals surface area contributed by atoms with Gasteiger partial charge in [0, 0.05) is 11.8 Å². The lowest BCUT2D eigenvalue weighted by molar-refractivity contribution is -0.146. The molecule has 0 radical (unpaired) electrons. The summed E-state index contributed by atoms with van der Waals surface area (Å²) in [5.74, 6) is 0.160. The molecule has 1 unspecified atom stereocenters. The molecule has 0 bridgehead atoms. The number of carbonyl (C=O) groups excluding carboxylic acids is 1. The van der Waals surface area contributed by atoms with Crippen molar-refractivity contribution in [2.45, 2.75) is 42.4 Å². The molecule has 8 heteroatoms. The van der Waals surface area contributed by atoms with Crippen molar-refractivity contribution in [1.29, 1.82) is 0 Å². The third-order valence-corrected chi connectivity index (χ3v) is 5.06. The molecule has 110 valence electrons. The van der Waals surface area contributed by atoms with Gasteiger partial charge in [0.05, 0.1) is 7.11 Å². The largest absolute Gasteiger partial charge is 0.468 e. The van der Waals surface area contributed by atoms with Gasteiger partial charge in [-0.1, -0.05) is 11.8 Å². The maximum absolute atomic E-state index is 11.9. The highest BCUT2D eigenvalue weighted by molar-refractivity contribution is 7.99. The Kier molecular flexibility index (Phi) is 3.37. The van der Waals surface area contributed by atoms with Gasteiger partial charge in [0.25, 0.3) is 0 Å². The number of H-pyrrole nitrogens is 1. The van der Waals surface area contributed by atoms with Crippen LogP contribution in [-0.4, -0.2) is 39.1 Å². The highest BCUT2D eigenvalue weighted by Gasteiger charge is 2.49. The van der Waals surface area contributed by atoms with E-state index >= 15 is 0 Å². The predicted octanol–water partition coefficient (Wildman–Crippen LogP) is 0.279. The Labute approximate surface area is 120 Å². The number of aromatic amines is 1. The normalized spacial score (nSPS) is 21.5. The Morgan fingerprint density at radius 3 is 2.80 bits per heavy atom. The molecule has 1 atom stereocenters. The van der Waals surface area contributed by atoms with Gasteiger partial charge in [-0.15, -0.1) is 5.10 Å². The Morgan fingerprint density at radius 1 is 1.55 bits per heavy atom. The van der Waals surface area contributed by atoms with E-state index in [1.807, 2.05) is 0 Å². The maximum Gasteiger partial charge on any atom is 0.344 e. The molecule has 20 heavy (non-hydrogen) atoms. The number of carbonyl (C=O) groups is 1. The highest BCUT2D eigenvalue weighted by atomic mass is 32.2. The van der Waals surface area contributed by atoms with E-state index in [0.29, 0.717) is 10.9 Å². The molecule has 2 aliphatic rings. The van der Waals surface area contributed by atoms with E-state index in [2.05, 4.69) is 10.2 Å². The van der Waals surface area contributed by atoms with Crippen molar-refractivity contribution in [2.75, 3.05) is 12.9 Å². The standard InChI is InChI=1S/C12H18N4O3S/c1-19-9(17)12(13,7-2-3-7)6-20-11-15-14-10(18)16(11)8-4-5-8/h7-8H,2-6,13H2,1H3,(H,14,18). The zero-order chi connectivity index (χ0) is 14.3. The summed E-state index contributed by atoms with van der Waals surface area (Å²) in [5.41, 5.74) is 5.06. The number of ether oxygens (including phenoxy) is 1. The Morgan fingerprint density at radius 2 is 2.25 bits per heavy atom. The van der Waals surface area contributed by atoms with Crippen molar-refractivity contribution < 1.29 is 9.53 Å². The van der Waals surface area contributed by atoms with Gasteiger partial charge in [0.2, 0.25) is 0 Å². The first kappa shape index (κ1) is 13.7. The predicted molar refractivity (Wildman–Crippen MR) is 73.5 cm³/mol.